The molecular formula is C15H14N2O4. The lowest BCUT2D eigenvalue weighted by molar-refractivity contribution is 0.0696. The van der Waals surface area contributed by atoms with Crippen molar-refractivity contribution in [1.82, 2.24) is 4.98 Å². The number of anilines is 1. The number of rotatable bonds is 5. The van der Waals surface area contributed by atoms with E-state index in [-0.39, 0.29) is 17.3 Å². The Labute approximate surface area is 121 Å². The third kappa shape index (κ3) is 3.79. The number of nitrogens with one attached hydrogen (secondary N) is 1. The number of carbonyl (C=O) groups is 2. The van der Waals surface area contributed by atoms with Crippen LogP contribution in [0.3, 0.4) is 0 Å². The van der Waals surface area contributed by atoms with E-state index in [2.05, 4.69) is 10.3 Å². The Morgan fingerprint density at radius 2 is 1.90 bits per heavy atom. The van der Waals surface area contributed by atoms with E-state index >= 15 is 0 Å². The maximum atomic E-state index is 12.0. The van der Waals surface area contributed by atoms with Gasteiger partial charge in [0.2, 0.25) is 0 Å². The number of hydrogen-bond acceptors (Lipinski definition) is 4. The predicted octanol–water partition coefficient (Wildman–Crippen LogP) is 2.43. The summed E-state index contributed by atoms with van der Waals surface area (Å²) in [5.41, 5.74) is 0.493. The van der Waals surface area contributed by atoms with Crippen LogP contribution in [0.25, 0.3) is 0 Å². The van der Waals surface area contributed by atoms with Crippen molar-refractivity contribution in [3.05, 3.63) is 53.7 Å². The highest BCUT2D eigenvalue weighted by molar-refractivity contribution is 6.04. The molecule has 108 valence electrons. The van der Waals surface area contributed by atoms with Crippen LogP contribution in [-0.4, -0.2) is 28.6 Å². The highest BCUT2D eigenvalue weighted by atomic mass is 16.5. The summed E-state index contributed by atoms with van der Waals surface area (Å²) in [6, 6.07) is 9.30. The van der Waals surface area contributed by atoms with Crippen LogP contribution in [0.4, 0.5) is 5.82 Å². The molecule has 2 rings (SSSR count). The second kappa shape index (κ2) is 6.51. The number of hydrogen-bond donors (Lipinski definition) is 2. The van der Waals surface area contributed by atoms with E-state index in [9.17, 15) is 9.59 Å². The molecule has 0 saturated heterocycles. The van der Waals surface area contributed by atoms with Crippen molar-refractivity contribution < 1.29 is 19.4 Å². The monoisotopic (exact) mass is 286 g/mol. The van der Waals surface area contributed by atoms with Crippen LogP contribution >= 0.6 is 0 Å². The molecule has 6 nitrogen and oxygen atoms in total. The van der Waals surface area contributed by atoms with E-state index in [0.29, 0.717) is 17.9 Å². The Morgan fingerprint density at radius 1 is 1.19 bits per heavy atom. The largest absolute Gasteiger partial charge is 0.494 e. The molecule has 0 aliphatic rings. The zero-order valence-electron chi connectivity index (χ0n) is 11.4. The lowest BCUT2D eigenvalue weighted by Crippen LogP contribution is -2.13. The van der Waals surface area contributed by atoms with Gasteiger partial charge in [-0.15, -0.1) is 0 Å². The number of benzene rings is 1. The summed E-state index contributed by atoms with van der Waals surface area (Å²) >= 11 is 0. The minimum atomic E-state index is -1.08. The quantitative estimate of drug-likeness (QED) is 0.881. The van der Waals surface area contributed by atoms with Crippen molar-refractivity contribution in [1.29, 1.82) is 0 Å². The van der Waals surface area contributed by atoms with Gasteiger partial charge in [0, 0.05) is 11.8 Å². The first-order valence-corrected chi connectivity index (χ1v) is 6.33. The fourth-order valence-corrected chi connectivity index (χ4v) is 1.69. The normalized spacial score (nSPS) is 9.95. The van der Waals surface area contributed by atoms with Crippen LogP contribution in [0.5, 0.6) is 5.75 Å². The smallest absolute Gasteiger partial charge is 0.335 e. The molecule has 2 N–H and O–H groups in total. The molecule has 0 spiro atoms. The molecule has 1 aromatic heterocycles. The van der Waals surface area contributed by atoms with Crippen molar-refractivity contribution >= 4 is 17.7 Å². The summed E-state index contributed by atoms with van der Waals surface area (Å²) in [5, 5.41) is 11.4. The average Bonchev–Trinajstić information content (AvgIpc) is 2.48. The molecule has 2 aromatic rings. The molecule has 0 unspecified atom stereocenters. The van der Waals surface area contributed by atoms with Gasteiger partial charge in [-0.1, -0.05) is 0 Å². The molecule has 21 heavy (non-hydrogen) atoms. The number of pyridine rings is 1. The first-order valence-electron chi connectivity index (χ1n) is 6.33. The van der Waals surface area contributed by atoms with Gasteiger partial charge in [0.05, 0.1) is 12.2 Å². The van der Waals surface area contributed by atoms with Gasteiger partial charge in [-0.2, -0.15) is 0 Å². The molecule has 1 heterocycles. The van der Waals surface area contributed by atoms with E-state index in [1.165, 1.54) is 18.3 Å². The zero-order chi connectivity index (χ0) is 15.2. The Hall–Kier alpha value is -2.89. The summed E-state index contributed by atoms with van der Waals surface area (Å²) < 4.78 is 5.29. The molecular weight excluding hydrogens is 272 g/mol. The van der Waals surface area contributed by atoms with Crippen LogP contribution in [0.1, 0.15) is 27.6 Å². The summed E-state index contributed by atoms with van der Waals surface area (Å²) in [6.45, 7) is 2.43. The maximum absolute atomic E-state index is 12.0. The minimum absolute atomic E-state index is 0.0620. The molecule has 0 saturated carbocycles. The van der Waals surface area contributed by atoms with Gasteiger partial charge in [0.1, 0.15) is 11.6 Å². The maximum Gasteiger partial charge on any atom is 0.335 e. The molecule has 6 heteroatoms. The zero-order valence-corrected chi connectivity index (χ0v) is 11.4. The average molecular weight is 286 g/mol. The van der Waals surface area contributed by atoms with E-state index in [1.54, 1.807) is 24.3 Å². The second-order valence-corrected chi connectivity index (χ2v) is 4.15. The Bertz CT molecular complexity index is 653. The number of nitrogens with zero attached hydrogens (tertiary/aromatic N) is 1. The fraction of sp³-hybridized carbons (Fsp3) is 0.133. The predicted molar refractivity (Wildman–Crippen MR) is 76.8 cm³/mol. The number of carboxylic acid groups (broad SMARTS) is 1. The highest BCUT2D eigenvalue weighted by Crippen LogP contribution is 2.14. The summed E-state index contributed by atoms with van der Waals surface area (Å²) in [7, 11) is 0. The number of amides is 1. The topological polar surface area (TPSA) is 88.5 Å². The third-order valence-corrected chi connectivity index (χ3v) is 2.68. The van der Waals surface area contributed by atoms with Gasteiger partial charge in [-0.3, -0.25) is 4.79 Å². The highest BCUT2D eigenvalue weighted by Gasteiger charge is 2.09. The number of carbonyl (C=O) groups excluding carboxylic acids is 1. The van der Waals surface area contributed by atoms with Gasteiger partial charge in [-0.25, -0.2) is 9.78 Å². The van der Waals surface area contributed by atoms with E-state index < -0.39 is 5.97 Å². The van der Waals surface area contributed by atoms with Crippen molar-refractivity contribution in [2.45, 2.75) is 6.92 Å². The summed E-state index contributed by atoms with van der Waals surface area (Å²) in [4.78, 5) is 26.8. The van der Waals surface area contributed by atoms with Crippen LogP contribution < -0.4 is 10.1 Å². The molecule has 0 aliphatic carbocycles. The molecule has 0 aliphatic heterocycles. The Morgan fingerprint density at radius 3 is 2.52 bits per heavy atom. The molecule has 1 aromatic carbocycles. The molecule has 0 radical (unpaired) electrons. The lowest BCUT2D eigenvalue weighted by Gasteiger charge is -2.06. The van der Waals surface area contributed by atoms with Gasteiger partial charge < -0.3 is 15.2 Å². The molecule has 0 atom stereocenters. The van der Waals surface area contributed by atoms with Gasteiger partial charge in [0.25, 0.3) is 5.91 Å². The van der Waals surface area contributed by atoms with Crippen LogP contribution in [0, 0.1) is 0 Å². The molecule has 0 fully saturated rings. The van der Waals surface area contributed by atoms with Crippen molar-refractivity contribution in [2.75, 3.05) is 11.9 Å². The van der Waals surface area contributed by atoms with Crippen LogP contribution in [-0.2, 0) is 0 Å². The number of carboxylic acids is 1. The summed E-state index contributed by atoms with van der Waals surface area (Å²) in [6.07, 6.45) is 1.33. The standard InChI is InChI=1S/C15H14N2O4/c1-2-21-12-5-3-10(4-6-12)14(18)17-13-9-11(15(19)20)7-8-16-13/h3-9H,2H2,1H3,(H,19,20)(H,16,17,18). The van der Waals surface area contributed by atoms with E-state index in [4.69, 9.17) is 9.84 Å². The summed E-state index contributed by atoms with van der Waals surface area (Å²) in [5.74, 6) is -0.573. The third-order valence-electron chi connectivity index (χ3n) is 2.68. The minimum Gasteiger partial charge on any atom is -0.494 e. The van der Waals surface area contributed by atoms with Crippen molar-refractivity contribution in [3.8, 4) is 5.75 Å². The number of aromatic carboxylic acids is 1. The Kier molecular flexibility index (Phi) is 4.50. The SMILES string of the molecule is CCOc1ccc(C(=O)Nc2cc(C(=O)O)ccn2)cc1. The second-order valence-electron chi connectivity index (χ2n) is 4.15. The van der Waals surface area contributed by atoms with Crippen LogP contribution in [0.2, 0.25) is 0 Å². The molecule has 1 amide bonds. The first kappa shape index (κ1) is 14.5. The fourth-order valence-electron chi connectivity index (χ4n) is 1.69. The van der Waals surface area contributed by atoms with Crippen LogP contribution in [0.15, 0.2) is 42.6 Å². The first-order chi connectivity index (χ1) is 10.1. The molecule has 0 bridgehead atoms. The van der Waals surface area contributed by atoms with Gasteiger partial charge in [0.15, 0.2) is 0 Å². The van der Waals surface area contributed by atoms with Crippen molar-refractivity contribution in [2.24, 2.45) is 0 Å². The lowest BCUT2D eigenvalue weighted by atomic mass is 10.2. The van der Waals surface area contributed by atoms with Gasteiger partial charge in [-0.05, 0) is 43.3 Å². The Balaban J connectivity index is 2.10. The van der Waals surface area contributed by atoms with E-state index in [0.717, 1.165) is 0 Å². The van der Waals surface area contributed by atoms with Gasteiger partial charge >= 0.3 is 5.97 Å². The number of aromatic nitrogens is 1. The van der Waals surface area contributed by atoms with E-state index in [1.807, 2.05) is 6.92 Å². The van der Waals surface area contributed by atoms with Crippen molar-refractivity contribution in [3.63, 3.8) is 0 Å². The number of ether oxygens (including phenoxy) is 1.